The van der Waals surface area contributed by atoms with E-state index in [1.807, 2.05) is 6.07 Å². The number of H-pyrrole nitrogens is 1. The molecule has 0 fully saturated rings. The van der Waals surface area contributed by atoms with E-state index < -0.39 is 0 Å². The summed E-state index contributed by atoms with van der Waals surface area (Å²) in [6, 6.07) is 5.22. The van der Waals surface area contributed by atoms with Crippen LogP contribution < -0.4 is 0 Å². The molecule has 0 aliphatic rings. The van der Waals surface area contributed by atoms with Gasteiger partial charge in [0.1, 0.15) is 6.07 Å². The Morgan fingerprint density at radius 1 is 1.31 bits per heavy atom. The van der Waals surface area contributed by atoms with Crippen LogP contribution in [0.2, 0.25) is 10.0 Å². The van der Waals surface area contributed by atoms with Crippen molar-refractivity contribution < 1.29 is 0 Å². The topological polar surface area (TPSA) is 52.5 Å². The zero-order valence-electron chi connectivity index (χ0n) is 6.31. The lowest BCUT2D eigenvalue weighted by atomic mass is 10.2. The average Bonchev–Trinajstić information content (AvgIpc) is 2.48. The fraction of sp³-hybridized carbons (Fsp3) is 0. The number of aromatic amines is 1. The van der Waals surface area contributed by atoms with E-state index in [2.05, 4.69) is 10.2 Å². The van der Waals surface area contributed by atoms with Crippen LogP contribution in [0.5, 0.6) is 0 Å². The third-order valence-electron chi connectivity index (χ3n) is 1.71. The molecular weight excluding hydrogens is 209 g/mol. The van der Waals surface area contributed by atoms with Crippen LogP contribution in [0.4, 0.5) is 0 Å². The largest absolute Gasteiger partial charge is 0.276 e. The SMILES string of the molecule is N#Cc1n[nH]c2cc(Cl)c(Cl)cc12. The minimum absolute atomic E-state index is 0.327. The van der Waals surface area contributed by atoms with Gasteiger partial charge in [-0.1, -0.05) is 23.2 Å². The highest BCUT2D eigenvalue weighted by Gasteiger charge is 2.07. The molecule has 2 rings (SSSR count). The molecule has 64 valence electrons. The molecule has 5 heteroatoms. The Balaban J connectivity index is 2.86. The molecule has 0 radical (unpaired) electrons. The summed E-state index contributed by atoms with van der Waals surface area (Å²) in [4.78, 5) is 0. The number of halogens is 2. The van der Waals surface area contributed by atoms with E-state index in [1.54, 1.807) is 12.1 Å². The molecule has 13 heavy (non-hydrogen) atoms. The first kappa shape index (κ1) is 8.36. The second kappa shape index (κ2) is 2.91. The van der Waals surface area contributed by atoms with Crippen molar-refractivity contribution in [2.24, 2.45) is 0 Å². The maximum atomic E-state index is 8.68. The van der Waals surface area contributed by atoms with Gasteiger partial charge in [-0.3, -0.25) is 5.10 Å². The first-order valence-electron chi connectivity index (χ1n) is 3.45. The zero-order chi connectivity index (χ0) is 9.42. The Hall–Kier alpha value is -1.24. The summed E-state index contributed by atoms with van der Waals surface area (Å²) in [6.07, 6.45) is 0. The molecule has 0 unspecified atom stereocenters. The van der Waals surface area contributed by atoms with Crippen molar-refractivity contribution >= 4 is 34.1 Å². The number of fused-ring (bicyclic) bond motifs is 1. The van der Waals surface area contributed by atoms with Gasteiger partial charge < -0.3 is 0 Å². The summed E-state index contributed by atoms with van der Waals surface area (Å²) in [7, 11) is 0. The van der Waals surface area contributed by atoms with E-state index in [0.29, 0.717) is 26.6 Å². The smallest absolute Gasteiger partial charge is 0.170 e. The van der Waals surface area contributed by atoms with Crippen molar-refractivity contribution in [2.45, 2.75) is 0 Å². The van der Waals surface area contributed by atoms with Crippen LogP contribution in [0, 0.1) is 11.3 Å². The van der Waals surface area contributed by atoms with Crippen molar-refractivity contribution in [3.8, 4) is 6.07 Å². The van der Waals surface area contributed by atoms with Crippen molar-refractivity contribution in [3.05, 3.63) is 27.9 Å². The Bertz CT molecular complexity index is 510. The number of benzene rings is 1. The predicted octanol–water partition coefficient (Wildman–Crippen LogP) is 2.74. The highest BCUT2D eigenvalue weighted by Crippen LogP contribution is 2.27. The molecule has 0 amide bonds. The molecule has 0 spiro atoms. The molecule has 0 aliphatic heterocycles. The first-order chi connectivity index (χ1) is 6.22. The lowest BCUT2D eigenvalue weighted by molar-refractivity contribution is 1.10. The maximum Gasteiger partial charge on any atom is 0.170 e. The second-order valence-corrected chi connectivity index (χ2v) is 3.31. The summed E-state index contributed by atoms with van der Waals surface area (Å²) in [5.41, 5.74) is 1.04. The number of nitriles is 1. The van der Waals surface area contributed by atoms with E-state index in [1.165, 1.54) is 0 Å². The summed E-state index contributed by atoms with van der Waals surface area (Å²) < 4.78 is 0. The summed E-state index contributed by atoms with van der Waals surface area (Å²) >= 11 is 11.6. The van der Waals surface area contributed by atoms with Crippen molar-refractivity contribution in [2.75, 3.05) is 0 Å². The molecule has 1 aromatic carbocycles. The van der Waals surface area contributed by atoms with Crippen LogP contribution in [0.15, 0.2) is 12.1 Å². The summed E-state index contributed by atoms with van der Waals surface area (Å²) in [5.74, 6) is 0. The van der Waals surface area contributed by atoms with Crippen LogP contribution in [-0.4, -0.2) is 10.2 Å². The van der Waals surface area contributed by atoms with Gasteiger partial charge in [0.2, 0.25) is 0 Å². The van der Waals surface area contributed by atoms with Crippen LogP contribution >= 0.6 is 23.2 Å². The molecular formula is C8H3Cl2N3. The number of hydrogen-bond acceptors (Lipinski definition) is 2. The van der Waals surface area contributed by atoms with Gasteiger partial charge in [0, 0.05) is 5.39 Å². The first-order valence-corrected chi connectivity index (χ1v) is 4.21. The van der Waals surface area contributed by atoms with Gasteiger partial charge in [-0.05, 0) is 12.1 Å². The molecule has 1 aromatic heterocycles. The molecule has 1 heterocycles. The minimum Gasteiger partial charge on any atom is -0.276 e. The fourth-order valence-electron chi connectivity index (χ4n) is 1.10. The van der Waals surface area contributed by atoms with Crippen molar-refractivity contribution in [3.63, 3.8) is 0 Å². The minimum atomic E-state index is 0.327. The van der Waals surface area contributed by atoms with E-state index >= 15 is 0 Å². The van der Waals surface area contributed by atoms with Gasteiger partial charge >= 0.3 is 0 Å². The van der Waals surface area contributed by atoms with E-state index in [-0.39, 0.29) is 0 Å². The van der Waals surface area contributed by atoms with Crippen molar-refractivity contribution in [1.82, 2.24) is 10.2 Å². The molecule has 0 saturated heterocycles. The molecule has 0 atom stereocenters. The molecule has 2 aromatic rings. The highest BCUT2D eigenvalue weighted by molar-refractivity contribution is 6.42. The third kappa shape index (κ3) is 1.24. The van der Waals surface area contributed by atoms with Gasteiger partial charge in [0.05, 0.1) is 15.6 Å². The second-order valence-electron chi connectivity index (χ2n) is 2.50. The van der Waals surface area contributed by atoms with E-state index in [9.17, 15) is 0 Å². The van der Waals surface area contributed by atoms with Gasteiger partial charge in [0.15, 0.2) is 5.69 Å². The van der Waals surface area contributed by atoms with Crippen LogP contribution in [0.25, 0.3) is 10.9 Å². The van der Waals surface area contributed by atoms with Crippen molar-refractivity contribution in [1.29, 1.82) is 5.26 Å². The van der Waals surface area contributed by atoms with Crippen LogP contribution in [0.1, 0.15) is 5.69 Å². The molecule has 3 nitrogen and oxygen atoms in total. The lowest BCUT2D eigenvalue weighted by Crippen LogP contribution is -1.73. The highest BCUT2D eigenvalue weighted by atomic mass is 35.5. The number of aromatic nitrogens is 2. The van der Waals surface area contributed by atoms with E-state index in [4.69, 9.17) is 28.5 Å². The van der Waals surface area contributed by atoms with Crippen LogP contribution in [-0.2, 0) is 0 Å². The van der Waals surface area contributed by atoms with E-state index in [0.717, 1.165) is 0 Å². The lowest BCUT2D eigenvalue weighted by Gasteiger charge is -1.94. The standard InChI is InChI=1S/C8H3Cl2N3/c9-5-1-4-7(2-6(5)10)12-13-8(4)3-11/h1-2H,(H,12,13). The normalized spacial score (nSPS) is 10.2. The zero-order valence-corrected chi connectivity index (χ0v) is 7.82. The number of rotatable bonds is 0. The quantitative estimate of drug-likeness (QED) is 0.729. The number of nitrogens with one attached hydrogen (secondary N) is 1. The molecule has 0 saturated carbocycles. The van der Waals surface area contributed by atoms with Gasteiger partial charge in [0.25, 0.3) is 0 Å². The average molecular weight is 212 g/mol. The number of nitrogens with zero attached hydrogens (tertiary/aromatic N) is 2. The molecule has 0 bridgehead atoms. The monoisotopic (exact) mass is 211 g/mol. The fourth-order valence-corrected chi connectivity index (χ4v) is 1.42. The molecule has 0 aliphatic carbocycles. The van der Waals surface area contributed by atoms with Crippen LogP contribution in [0.3, 0.4) is 0 Å². The Labute approximate surface area is 83.9 Å². The summed E-state index contributed by atoms with van der Waals surface area (Å²) in [5, 5.41) is 16.7. The van der Waals surface area contributed by atoms with Gasteiger partial charge in [-0.15, -0.1) is 0 Å². The van der Waals surface area contributed by atoms with Gasteiger partial charge in [-0.2, -0.15) is 10.4 Å². The number of hydrogen-bond donors (Lipinski definition) is 1. The molecule has 1 N–H and O–H groups in total. The Morgan fingerprint density at radius 3 is 2.69 bits per heavy atom. The Morgan fingerprint density at radius 2 is 2.00 bits per heavy atom. The summed E-state index contributed by atoms with van der Waals surface area (Å²) in [6.45, 7) is 0. The predicted molar refractivity (Wildman–Crippen MR) is 50.8 cm³/mol. The Kier molecular flexibility index (Phi) is 1.87. The van der Waals surface area contributed by atoms with Gasteiger partial charge in [-0.25, -0.2) is 0 Å². The maximum absolute atomic E-state index is 8.68. The third-order valence-corrected chi connectivity index (χ3v) is 2.43.